The first kappa shape index (κ1) is 35.7. The van der Waals surface area contributed by atoms with Gasteiger partial charge in [0.2, 0.25) is 11.8 Å². The number of thioether (sulfide) groups is 2. The molecule has 0 saturated carbocycles. The summed E-state index contributed by atoms with van der Waals surface area (Å²) in [5, 5.41) is 16.1. The minimum Gasteiger partial charge on any atom is -0.344 e. The first-order valence-corrected chi connectivity index (χ1v) is 19.6. The Morgan fingerprint density at radius 1 is 0.827 bits per heavy atom. The third kappa shape index (κ3) is 8.35. The van der Waals surface area contributed by atoms with E-state index in [4.69, 9.17) is 28.2 Å². The molecule has 260 valence electrons. The summed E-state index contributed by atoms with van der Waals surface area (Å²) in [6.07, 6.45) is 0. The lowest BCUT2D eigenvalue weighted by Crippen LogP contribution is -2.30. The molecule has 0 bridgehead atoms. The minimum absolute atomic E-state index is 0.0899. The van der Waals surface area contributed by atoms with Gasteiger partial charge < -0.3 is 10.6 Å². The van der Waals surface area contributed by atoms with E-state index in [0.29, 0.717) is 32.3 Å². The fourth-order valence-corrected chi connectivity index (χ4v) is 8.76. The van der Waals surface area contributed by atoms with E-state index < -0.39 is 5.25 Å². The Bertz CT molecular complexity index is 2300. The number of aromatic nitrogens is 4. The number of hydrogen-bond acceptors (Lipinski definition) is 8. The molecule has 2 heterocycles. The van der Waals surface area contributed by atoms with E-state index in [2.05, 4.69) is 20.8 Å². The van der Waals surface area contributed by atoms with Crippen molar-refractivity contribution in [2.75, 3.05) is 11.1 Å². The van der Waals surface area contributed by atoms with Crippen LogP contribution in [0.5, 0.6) is 0 Å². The van der Waals surface area contributed by atoms with Crippen molar-refractivity contribution in [3.8, 4) is 17.1 Å². The standard InChI is InChI=1S/C39H30Cl2N6O2S3/c1-24(51-38-46-45-36(30-19-17-27(40)21-31(30)41)47(38)29-15-9-4-10-16-29)37(49)42-28-18-20-32-33(22-28)52-39(43-32)50-23-34(48)44-35(25-11-5-2-6-12-25)26-13-7-3-8-14-26/h2-22,24,35H,23H2,1H3,(H,42,49)(H,44,48)/t24-/m1/s1. The monoisotopic (exact) mass is 780 g/mol. The molecule has 52 heavy (non-hydrogen) atoms. The maximum Gasteiger partial charge on any atom is 0.237 e. The summed E-state index contributed by atoms with van der Waals surface area (Å²) in [4.78, 5) is 31.3. The molecule has 0 fully saturated rings. The van der Waals surface area contributed by atoms with Crippen LogP contribution >= 0.6 is 58.1 Å². The summed E-state index contributed by atoms with van der Waals surface area (Å²) < 4.78 is 3.56. The summed E-state index contributed by atoms with van der Waals surface area (Å²) >= 11 is 16.9. The van der Waals surface area contributed by atoms with Gasteiger partial charge in [0.25, 0.3) is 0 Å². The van der Waals surface area contributed by atoms with Crippen LogP contribution in [-0.4, -0.2) is 42.6 Å². The summed E-state index contributed by atoms with van der Waals surface area (Å²) in [5.74, 6) is 0.471. The van der Waals surface area contributed by atoms with E-state index in [1.807, 2.05) is 121 Å². The predicted octanol–water partition coefficient (Wildman–Crippen LogP) is 9.97. The molecule has 7 aromatic rings. The average molecular weight is 782 g/mol. The lowest BCUT2D eigenvalue weighted by molar-refractivity contribution is -0.119. The molecule has 2 amide bonds. The third-order valence-corrected chi connectivity index (χ3v) is 11.8. The molecule has 2 aromatic heterocycles. The number of thiazole rings is 1. The molecule has 0 radical (unpaired) electrons. The van der Waals surface area contributed by atoms with Crippen LogP contribution < -0.4 is 10.6 Å². The van der Waals surface area contributed by atoms with E-state index in [1.54, 1.807) is 18.2 Å². The number of carbonyl (C=O) groups excluding carboxylic acids is 2. The molecule has 2 N–H and O–H groups in total. The molecule has 0 aliphatic heterocycles. The van der Waals surface area contributed by atoms with Gasteiger partial charge in [-0.15, -0.1) is 21.5 Å². The van der Waals surface area contributed by atoms with Gasteiger partial charge in [0.05, 0.1) is 32.3 Å². The quantitative estimate of drug-likeness (QED) is 0.119. The second-order valence-electron chi connectivity index (χ2n) is 11.6. The van der Waals surface area contributed by atoms with Crippen molar-refractivity contribution in [3.05, 3.63) is 149 Å². The molecule has 0 aliphatic carbocycles. The normalized spacial score (nSPS) is 11.8. The predicted molar refractivity (Wildman–Crippen MR) is 214 cm³/mol. The third-order valence-electron chi connectivity index (χ3n) is 8.01. The van der Waals surface area contributed by atoms with E-state index >= 15 is 0 Å². The van der Waals surface area contributed by atoms with Crippen LogP contribution in [0.15, 0.2) is 137 Å². The highest BCUT2D eigenvalue weighted by atomic mass is 35.5. The SMILES string of the molecule is C[C@@H](Sc1nnc(-c2ccc(Cl)cc2Cl)n1-c1ccccc1)C(=O)Nc1ccc2nc(SCC(=O)NC(c3ccccc3)c3ccccc3)sc2c1. The Hall–Kier alpha value is -4.65. The Morgan fingerprint density at radius 3 is 2.17 bits per heavy atom. The smallest absolute Gasteiger partial charge is 0.237 e. The molecule has 1 atom stereocenters. The number of hydrogen-bond donors (Lipinski definition) is 2. The van der Waals surface area contributed by atoms with Crippen molar-refractivity contribution < 1.29 is 9.59 Å². The first-order valence-electron chi connectivity index (χ1n) is 16.2. The average Bonchev–Trinajstić information content (AvgIpc) is 3.77. The Kier molecular flexibility index (Phi) is 11.2. The van der Waals surface area contributed by atoms with Gasteiger partial charge in [0.1, 0.15) is 0 Å². The highest BCUT2D eigenvalue weighted by molar-refractivity contribution is 8.01. The first-order chi connectivity index (χ1) is 25.3. The van der Waals surface area contributed by atoms with Gasteiger partial charge in [0, 0.05) is 22.0 Å². The maximum absolute atomic E-state index is 13.5. The minimum atomic E-state index is -0.516. The number of rotatable bonds is 12. The molecule has 5 aromatic carbocycles. The van der Waals surface area contributed by atoms with Crippen LogP contribution in [-0.2, 0) is 9.59 Å². The summed E-state index contributed by atoms with van der Waals surface area (Å²) in [6.45, 7) is 1.82. The van der Waals surface area contributed by atoms with Crippen LogP contribution in [0.4, 0.5) is 5.69 Å². The molecule has 0 aliphatic rings. The lowest BCUT2D eigenvalue weighted by atomic mass is 9.99. The largest absolute Gasteiger partial charge is 0.344 e. The van der Waals surface area contributed by atoms with Gasteiger partial charge in [-0.2, -0.15) is 0 Å². The lowest BCUT2D eigenvalue weighted by Gasteiger charge is -2.19. The Morgan fingerprint density at radius 2 is 1.50 bits per heavy atom. The number of nitrogens with one attached hydrogen (secondary N) is 2. The number of anilines is 1. The summed E-state index contributed by atoms with van der Waals surface area (Å²) in [6, 6.07) is 40.1. The van der Waals surface area contributed by atoms with E-state index in [-0.39, 0.29) is 23.6 Å². The zero-order valence-electron chi connectivity index (χ0n) is 27.6. The van der Waals surface area contributed by atoms with E-state index in [0.717, 1.165) is 31.4 Å². The molecular formula is C39H30Cl2N6O2S3. The van der Waals surface area contributed by atoms with Gasteiger partial charge in [-0.1, -0.05) is 126 Å². The van der Waals surface area contributed by atoms with Crippen LogP contribution in [0.2, 0.25) is 10.0 Å². The van der Waals surface area contributed by atoms with Gasteiger partial charge in [-0.25, -0.2) is 4.98 Å². The Balaban J connectivity index is 1.01. The van der Waals surface area contributed by atoms with Gasteiger partial charge in [0.15, 0.2) is 15.3 Å². The van der Waals surface area contributed by atoms with Crippen LogP contribution in [0, 0.1) is 0 Å². The highest BCUT2D eigenvalue weighted by Gasteiger charge is 2.24. The van der Waals surface area contributed by atoms with Crippen molar-refractivity contribution in [1.82, 2.24) is 25.1 Å². The van der Waals surface area contributed by atoms with Crippen molar-refractivity contribution >= 4 is 85.8 Å². The van der Waals surface area contributed by atoms with Crippen LogP contribution in [0.3, 0.4) is 0 Å². The van der Waals surface area contributed by atoms with Crippen molar-refractivity contribution in [1.29, 1.82) is 0 Å². The maximum atomic E-state index is 13.5. The number of amides is 2. The van der Waals surface area contributed by atoms with E-state index in [1.165, 1.54) is 34.9 Å². The molecule has 0 saturated heterocycles. The van der Waals surface area contributed by atoms with Crippen molar-refractivity contribution in [3.63, 3.8) is 0 Å². The van der Waals surface area contributed by atoms with E-state index in [9.17, 15) is 9.59 Å². The molecule has 0 unspecified atom stereocenters. The topological polar surface area (TPSA) is 102 Å². The summed E-state index contributed by atoms with van der Waals surface area (Å²) in [7, 11) is 0. The molecular weight excluding hydrogens is 752 g/mol. The van der Waals surface area contributed by atoms with Crippen LogP contribution in [0.1, 0.15) is 24.1 Å². The molecule has 8 nitrogen and oxygen atoms in total. The second-order valence-corrected chi connectivity index (χ2v) is 16.0. The molecule has 7 rings (SSSR count). The van der Waals surface area contributed by atoms with Gasteiger partial charge in [-0.05, 0) is 66.6 Å². The van der Waals surface area contributed by atoms with Gasteiger partial charge >= 0.3 is 0 Å². The second kappa shape index (κ2) is 16.4. The number of carbonyl (C=O) groups is 2. The number of benzene rings is 5. The highest BCUT2D eigenvalue weighted by Crippen LogP contribution is 2.36. The zero-order valence-corrected chi connectivity index (χ0v) is 31.5. The fraction of sp³-hybridized carbons (Fsp3) is 0.103. The summed E-state index contributed by atoms with van der Waals surface area (Å²) in [5.41, 5.74) is 4.97. The van der Waals surface area contributed by atoms with Crippen LogP contribution in [0.25, 0.3) is 27.3 Å². The van der Waals surface area contributed by atoms with Gasteiger partial charge in [-0.3, -0.25) is 14.2 Å². The zero-order chi connectivity index (χ0) is 36.0. The van der Waals surface area contributed by atoms with Crippen molar-refractivity contribution in [2.45, 2.75) is 27.7 Å². The van der Waals surface area contributed by atoms with Crippen molar-refractivity contribution in [2.24, 2.45) is 0 Å². The number of para-hydroxylation sites is 1. The molecule has 13 heteroatoms. The number of halogens is 2. The number of fused-ring (bicyclic) bond motifs is 1. The number of nitrogens with zero attached hydrogens (tertiary/aromatic N) is 4. The fourth-order valence-electron chi connectivity index (χ4n) is 5.48. The molecule has 0 spiro atoms. The Labute approximate surface area is 323 Å².